The van der Waals surface area contributed by atoms with E-state index in [1.807, 2.05) is 39.1 Å². The average molecular weight is 471 g/mol. The molecule has 0 spiro atoms. The third-order valence-electron chi connectivity index (χ3n) is 5.30. The van der Waals surface area contributed by atoms with Crippen molar-refractivity contribution in [2.45, 2.75) is 46.2 Å². The Labute approximate surface area is 195 Å². The number of fused-ring (bicyclic) bond motifs is 1. The van der Waals surface area contributed by atoms with Crippen LogP contribution in [0.15, 0.2) is 29.9 Å². The van der Waals surface area contributed by atoms with Gasteiger partial charge in [-0.1, -0.05) is 20.8 Å². The van der Waals surface area contributed by atoms with Gasteiger partial charge in [0.25, 0.3) is 5.91 Å². The molecule has 2 N–H and O–H groups in total. The summed E-state index contributed by atoms with van der Waals surface area (Å²) in [5.74, 6) is -0.339. The van der Waals surface area contributed by atoms with Gasteiger partial charge in [-0.2, -0.15) is 0 Å². The molecule has 174 valence electrons. The zero-order valence-corrected chi connectivity index (χ0v) is 19.9. The summed E-state index contributed by atoms with van der Waals surface area (Å²) in [5, 5.41) is 8.00. The van der Waals surface area contributed by atoms with Gasteiger partial charge < -0.3 is 15.5 Å². The molecule has 1 fully saturated rings. The van der Waals surface area contributed by atoms with Crippen molar-refractivity contribution >= 4 is 39.3 Å². The fraction of sp³-hybridized carbons (Fsp3) is 0.435. The van der Waals surface area contributed by atoms with E-state index in [-0.39, 0.29) is 35.3 Å². The number of nitrogens with zero attached hydrogens (tertiary/aromatic N) is 4. The van der Waals surface area contributed by atoms with Gasteiger partial charge >= 0.3 is 0 Å². The lowest BCUT2D eigenvalue weighted by Crippen LogP contribution is -2.61. The molecule has 10 heteroatoms. The number of nitrogens with one attached hydrogen (secondary N) is 2. The molecule has 33 heavy (non-hydrogen) atoms. The minimum Gasteiger partial charge on any atom is -0.350 e. The zero-order valence-electron chi connectivity index (χ0n) is 19.1. The van der Waals surface area contributed by atoms with Gasteiger partial charge in [0.1, 0.15) is 5.82 Å². The summed E-state index contributed by atoms with van der Waals surface area (Å²) in [6.07, 6.45) is 3.16. The van der Waals surface area contributed by atoms with E-state index in [0.717, 1.165) is 6.20 Å². The lowest BCUT2D eigenvalue weighted by molar-refractivity contribution is -0.124. The topological polar surface area (TPSA) is 100 Å². The smallest absolute Gasteiger partial charge is 0.274 e. The summed E-state index contributed by atoms with van der Waals surface area (Å²) >= 11 is 1.41. The highest BCUT2D eigenvalue weighted by molar-refractivity contribution is 7.17. The minimum absolute atomic E-state index is 0.00500. The van der Waals surface area contributed by atoms with Crippen LogP contribution in [-0.4, -0.2) is 50.8 Å². The fourth-order valence-electron chi connectivity index (χ4n) is 3.66. The number of carbonyl (C=O) groups is 2. The second-order valence-corrected chi connectivity index (χ2v) is 10.5. The molecule has 0 bridgehead atoms. The Kier molecular flexibility index (Phi) is 6.29. The van der Waals surface area contributed by atoms with Crippen molar-refractivity contribution in [2.24, 2.45) is 5.41 Å². The number of halogens is 1. The van der Waals surface area contributed by atoms with Gasteiger partial charge in [-0.3, -0.25) is 14.6 Å². The maximum Gasteiger partial charge on any atom is 0.274 e. The molecule has 0 saturated carbocycles. The van der Waals surface area contributed by atoms with Crippen molar-refractivity contribution in [1.82, 2.24) is 25.2 Å². The first-order valence-electron chi connectivity index (χ1n) is 10.8. The van der Waals surface area contributed by atoms with Gasteiger partial charge in [-0.15, -0.1) is 11.3 Å². The maximum atomic E-state index is 13.5. The number of thiophene rings is 1. The standard InChI is InChI=1S/C23H27FN6O2S/c1-13(14-7-15(24)10-25-9-14)26-22-28-17-5-6-33-20(17)19(29-22)21(32)30-11-16(12-30)27-18(31)8-23(2,3)4/h5-7,9-10,13,16H,8,11-12H2,1-4H3,(H,27,31)(H,26,28,29). The summed E-state index contributed by atoms with van der Waals surface area (Å²) in [7, 11) is 0. The number of aromatic nitrogens is 3. The first-order valence-corrected chi connectivity index (χ1v) is 11.7. The van der Waals surface area contributed by atoms with Crippen LogP contribution >= 0.6 is 11.3 Å². The third-order valence-corrected chi connectivity index (χ3v) is 6.21. The molecule has 1 aliphatic heterocycles. The Bertz CT molecular complexity index is 1190. The molecule has 2 amide bonds. The van der Waals surface area contributed by atoms with Gasteiger partial charge in [-0.05, 0) is 35.4 Å². The van der Waals surface area contributed by atoms with E-state index in [0.29, 0.717) is 41.0 Å². The van der Waals surface area contributed by atoms with Gasteiger partial charge in [0.2, 0.25) is 11.9 Å². The van der Waals surface area contributed by atoms with Crippen molar-refractivity contribution in [2.75, 3.05) is 18.4 Å². The van der Waals surface area contributed by atoms with Crippen LogP contribution < -0.4 is 10.6 Å². The van der Waals surface area contributed by atoms with E-state index in [2.05, 4.69) is 25.6 Å². The van der Waals surface area contributed by atoms with E-state index in [1.54, 1.807) is 11.1 Å². The predicted molar refractivity (Wildman–Crippen MR) is 126 cm³/mol. The number of hydrogen-bond acceptors (Lipinski definition) is 7. The monoisotopic (exact) mass is 470 g/mol. The number of rotatable bonds is 6. The van der Waals surface area contributed by atoms with E-state index in [9.17, 15) is 14.0 Å². The molecule has 8 nitrogen and oxygen atoms in total. The number of likely N-dealkylation sites (tertiary alicyclic amines) is 1. The van der Waals surface area contributed by atoms with E-state index < -0.39 is 5.82 Å². The van der Waals surface area contributed by atoms with Gasteiger partial charge in [0.05, 0.1) is 28.5 Å². The summed E-state index contributed by atoms with van der Waals surface area (Å²) in [4.78, 5) is 39.9. The molecule has 3 aromatic heterocycles. The average Bonchev–Trinajstić information content (AvgIpc) is 3.16. The van der Waals surface area contributed by atoms with Crippen molar-refractivity contribution in [3.05, 3.63) is 47.0 Å². The molecule has 3 aromatic rings. The quantitative estimate of drug-likeness (QED) is 0.569. The van der Waals surface area contributed by atoms with E-state index >= 15 is 0 Å². The van der Waals surface area contributed by atoms with Crippen LogP contribution in [0.5, 0.6) is 0 Å². The summed E-state index contributed by atoms with van der Waals surface area (Å²) < 4.78 is 14.2. The molecule has 4 heterocycles. The number of hydrogen-bond donors (Lipinski definition) is 2. The van der Waals surface area contributed by atoms with Crippen LogP contribution in [0.1, 0.15) is 56.2 Å². The van der Waals surface area contributed by atoms with Crippen LogP contribution in [0, 0.1) is 11.2 Å². The third kappa shape index (κ3) is 5.44. The second kappa shape index (κ2) is 9.01. The normalized spacial score (nSPS) is 15.2. The van der Waals surface area contributed by atoms with E-state index in [4.69, 9.17) is 0 Å². The van der Waals surface area contributed by atoms with Crippen molar-refractivity contribution < 1.29 is 14.0 Å². The molecular weight excluding hydrogens is 443 g/mol. The highest BCUT2D eigenvalue weighted by Gasteiger charge is 2.34. The predicted octanol–water partition coefficient (Wildman–Crippen LogP) is 3.78. The van der Waals surface area contributed by atoms with Gasteiger partial charge in [0, 0.05) is 25.7 Å². The lowest BCUT2D eigenvalue weighted by Gasteiger charge is -2.39. The molecule has 0 aromatic carbocycles. The van der Waals surface area contributed by atoms with Crippen LogP contribution in [0.25, 0.3) is 10.2 Å². The molecule has 1 saturated heterocycles. The molecule has 0 radical (unpaired) electrons. The minimum atomic E-state index is -0.423. The Hall–Kier alpha value is -3.14. The Morgan fingerprint density at radius 1 is 1.27 bits per heavy atom. The second-order valence-electron chi connectivity index (χ2n) is 9.55. The Balaban J connectivity index is 1.46. The molecular formula is C23H27FN6O2S. The number of amides is 2. The summed E-state index contributed by atoms with van der Waals surface area (Å²) in [6, 6.07) is 2.87. The molecule has 0 aliphatic carbocycles. The molecule has 1 unspecified atom stereocenters. The van der Waals surface area contributed by atoms with Crippen LogP contribution in [0.4, 0.5) is 10.3 Å². The van der Waals surface area contributed by atoms with E-state index in [1.165, 1.54) is 17.4 Å². The first-order chi connectivity index (χ1) is 15.6. The molecule has 1 aliphatic rings. The summed E-state index contributed by atoms with van der Waals surface area (Å²) in [6.45, 7) is 8.78. The fourth-order valence-corrected chi connectivity index (χ4v) is 4.47. The van der Waals surface area contributed by atoms with Crippen LogP contribution in [-0.2, 0) is 4.79 Å². The zero-order chi connectivity index (χ0) is 23.8. The SMILES string of the molecule is CC(Nc1nc(C(=O)N2CC(NC(=O)CC(C)(C)C)C2)c2sccc2n1)c1cncc(F)c1. The lowest BCUT2D eigenvalue weighted by atomic mass is 9.91. The Morgan fingerprint density at radius 3 is 2.73 bits per heavy atom. The van der Waals surface area contributed by atoms with Crippen molar-refractivity contribution in [3.63, 3.8) is 0 Å². The highest BCUT2D eigenvalue weighted by atomic mass is 32.1. The highest BCUT2D eigenvalue weighted by Crippen LogP contribution is 2.27. The largest absolute Gasteiger partial charge is 0.350 e. The van der Waals surface area contributed by atoms with Crippen molar-refractivity contribution in [1.29, 1.82) is 0 Å². The van der Waals surface area contributed by atoms with Crippen molar-refractivity contribution in [3.8, 4) is 0 Å². The number of anilines is 1. The number of pyridine rings is 1. The first kappa shape index (κ1) is 23.0. The maximum absolute atomic E-state index is 13.5. The summed E-state index contributed by atoms with van der Waals surface area (Å²) in [5.41, 5.74) is 1.55. The van der Waals surface area contributed by atoms with Crippen LogP contribution in [0.2, 0.25) is 0 Å². The molecule has 1 atom stereocenters. The van der Waals surface area contributed by atoms with Gasteiger partial charge in [0.15, 0.2) is 5.69 Å². The van der Waals surface area contributed by atoms with Gasteiger partial charge in [-0.25, -0.2) is 14.4 Å². The Morgan fingerprint density at radius 2 is 2.03 bits per heavy atom. The van der Waals surface area contributed by atoms with Crippen LogP contribution in [0.3, 0.4) is 0 Å². The molecule has 4 rings (SSSR count). The number of carbonyl (C=O) groups excluding carboxylic acids is 2.